The summed E-state index contributed by atoms with van der Waals surface area (Å²) in [6.07, 6.45) is 1.05. The highest BCUT2D eigenvalue weighted by molar-refractivity contribution is 9.10. The van der Waals surface area contributed by atoms with Crippen molar-refractivity contribution in [2.75, 3.05) is 0 Å². The minimum atomic E-state index is -0.667. The molecule has 0 amide bonds. The Kier molecular flexibility index (Phi) is 3.24. The fourth-order valence-corrected chi connectivity index (χ4v) is 2.41. The van der Waals surface area contributed by atoms with Gasteiger partial charge in [-0.15, -0.1) is 0 Å². The third-order valence-corrected chi connectivity index (χ3v) is 3.59. The maximum absolute atomic E-state index is 13.2. The molecule has 1 aromatic heterocycles. The molecule has 0 bridgehead atoms. The number of aliphatic hydroxyl groups is 1. The Balaban J connectivity index is 1.93. The maximum Gasteiger partial charge on any atom is 0.143 e. The first-order valence-electron chi connectivity index (χ1n) is 5.89. The van der Waals surface area contributed by atoms with Crippen molar-refractivity contribution in [2.24, 2.45) is 0 Å². The summed E-state index contributed by atoms with van der Waals surface area (Å²) in [7, 11) is 0. The summed E-state index contributed by atoms with van der Waals surface area (Å²) in [4.78, 5) is 4.26. The molecule has 0 fully saturated rings. The van der Waals surface area contributed by atoms with Crippen LogP contribution < -0.4 is 4.74 Å². The van der Waals surface area contributed by atoms with Crippen molar-refractivity contribution in [1.29, 1.82) is 0 Å². The number of hydrogen-bond acceptors (Lipinski definition) is 3. The Morgan fingerprint density at radius 3 is 2.89 bits per heavy atom. The van der Waals surface area contributed by atoms with Crippen LogP contribution in [0.5, 0.6) is 5.75 Å². The van der Waals surface area contributed by atoms with Gasteiger partial charge in [0, 0.05) is 28.7 Å². The third-order valence-electron chi connectivity index (χ3n) is 3.12. The normalized spacial score (nSPS) is 21.6. The lowest BCUT2D eigenvalue weighted by molar-refractivity contribution is 0.0633. The van der Waals surface area contributed by atoms with E-state index < -0.39 is 6.10 Å². The standard InChI is InChI=1S/C14H11BrFNO2/c15-8-1-4-11(17-7-8)14-6-12(18)10-3-2-9(16)5-13(10)19-14/h1-5,7,12,14,18H,6H2/t12-,14?/m1/s1. The second kappa shape index (κ2) is 4.90. The Bertz CT molecular complexity index is 603. The van der Waals surface area contributed by atoms with Crippen LogP contribution in [0.4, 0.5) is 4.39 Å². The number of aliphatic hydroxyl groups excluding tert-OH is 1. The highest BCUT2D eigenvalue weighted by Gasteiger charge is 2.29. The lowest BCUT2D eigenvalue weighted by Crippen LogP contribution is -2.20. The summed E-state index contributed by atoms with van der Waals surface area (Å²) in [5.74, 6) is 0.00355. The summed E-state index contributed by atoms with van der Waals surface area (Å²) < 4.78 is 19.8. The zero-order chi connectivity index (χ0) is 13.4. The van der Waals surface area contributed by atoms with Crippen LogP contribution in [0.2, 0.25) is 0 Å². The van der Waals surface area contributed by atoms with Gasteiger partial charge in [-0.25, -0.2) is 4.39 Å². The van der Waals surface area contributed by atoms with Crippen LogP contribution in [0.3, 0.4) is 0 Å². The van der Waals surface area contributed by atoms with Crippen LogP contribution in [0.25, 0.3) is 0 Å². The Morgan fingerprint density at radius 1 is 1.32 bits per heavy atom. The molecule has 0 spiro atoms. The Labute approximate surface area is 118 Å². The number of pyridine rings is 1. The molecule has 0 saturated carbocycles. The second-order valence-electron chi connectivity index (χ2n) is 4.44. The maximum atomic E-state index is 13.2. The molecule has 19 heavy (non-hydrogen) atoms. The van der Waals surface area contributed by atoms with Crippen molar-refractivity contribution in [3.8, 4) is 5.75 Å². The molecule has 2 heterocycles. The topological polar surface area (TPSA) is 42.4 Å². The summed E-state index contributed by atoms with van der Waals surface area (Å²) in [6, 6.07) is 7.86. The molecule has 3 nitrogen and oxygen atoms in total. The molecule has 1 unspecified atom stereocenters. The van der Waals surface area contributed by atoms with Crippen molar-refractivity contribution in [3.05, 3.63) is 58.1 Å². The van der Waals surface area contributed by atoms with Gasteiger partial charge in [-0.3, -0.25) is 4.98 Å². The summed E-state index contributed by atoms with van der Waals surface area (Å²) in [5, 5.41) is 10.1. The lowest BCUT2D eigenvalue weighted by Gasteiger charge is -2.29. The van der Waals surface area contributed by atoms with Crippen molar-refractivity contribution < 1.29 is 14.2 Å². The van der Waals surface area contributed by atoms with Crippen molar-refractivity contribution >= 4 is 15.9 Å². The van der Waals surface area contributed by atoms with E-state index in [9.17, 15) is 9.50 Å². The van der Waals surface area contributed by atoms with E-state index in [1.165, 1.54) is 12.1 Å². The average Bonchev–Trinajstić information content (AvgIpc) is 2.38. The first-order chi connectivity index (χ1) is 9.13. The largest absolute Gasteiger partial charge is 0.484 e. The number of fused-ring (bicyclic) bond motifs is 1. The van der Waals surface area contributed by atoms with E-state index in [0.717, 1.165) is 10.2 Å². The highest BCUT2D eigenvalue weighted by Crippen LogP contribution is 2.40. The van der Waals surface area contributed by atoms with Gasteiger partial charge in [0.25, 0.3) is 0 Å². The van der Waals surface area contributed by atoms with Crippen LogP contribution in [-0.4, -0.2) is 10.1 Å². The lowest BCUT2D eigenvalue weighted by atomic mass is 9.97. The molecule has 1 N–H and O–H groups in total. The smallest absolute Gasteiger partial charge is 0.143 e. The van der Waals surface area contributed by atoms with E-state index in [4.69, 9.17) is 4.74 Å². The van der Waals surface area contributed by atoms with Gasteiger partial charge in [0.15, 0.2) is 0 Å². The van der Waals surface area contributed by atoms with Crippen molar-refractivity contribution in [3.63, 3.8) is 0 Å². The molecule has 1 aliphatic heterocycles. The molecule has 2 aromatic rings. The van der Waals surface area contributed by atoms with Crippen LogP contribution in [0.15, 0.2) is 41.0 Å². The number of hydrogen-bond donors (Lipinski definition) is 1. The minimum Gasteiger partial charge on any atom is -0.484 e. The van der Waals surface area contributed by atoms with Crippen molar-refractivity contribution in [1.82, 2.24) is 4.98 Å². The zero-order valence-corrected chi connectivity index (χ0v) is 11.5. The third kappa shape index (κ3) is 2.48. The predicted octanol–water partition coefficient (Wildman–Crippen LogP) is 3.54. The van der Waals surface area contributed by atoms with E-state index in [1.807, 2.05) is 12.1 Å². The molecular weight excluding hydrogens is 313 g/mol. The number of halogens is 2. The molecule has 0 saturated heterocycles. The zero-order valence-electron chi connectivity index (χ0n) is 9.88. The number of benzene rings is 1. The SMILES string of the molecule is O[C@@H]1CC(c2ccc(Br)cn2)Oc2cc(F)ccc21. The van der Waals surface area contributed by atoms with E-state index in [-0.39, 0.29) is 11.9 Å². The molecular formula is C14H11BrFNO2. The van der Waals surface area contributed by atoms with Gasteiger partial charge in [-0.05, 0) is 40.2 Å². The molecule has 98 valence electrons. The predicted molar refractivity (Wildman–Crippen MR) is 71.3 cm³/mol. The van der Waals surface area contributed by atoms with Gasteiger partial charge in [0.2, 0.25) is 0 Å². The van der Waals surface area contributed by atoms with E-state index in [0.29, 0.717) is 17.7 Å². The molecule has 0 aliphatic carbocycles. The first-order valence-corrected chi connectivity index (χ1v) is 6.68. The number of ether oxygens (including phenoxy) is 1. The monoisotopic (exact) mass is 323 g/mol. The van der Waals surface area contributed by atoms with Crippen LogP contribution in [0, 0.1) is 5.82 Å². The van der Waals surface area contributed by atoms with Gasteiger partial charge in [0.05, 0.1) is 11.8 Å². The van der Waals surface area contributed by atoms with Gasteiger partial charge < -0.3 is 9.84 Å². The fraction of sp³-hybridized carbons (Fsp3) is 0.214. The van der Waals surface area contributed by atoms with Crippen LogP contribution >= 0.6 is 15.9 Å². The molecule has 0 radical (unpaired) electrons. The van der Waals surface area contributed by atoms with Crippen molar-refractivity contribution in [2.45, 2.75) is 18.6 Å². The second-order valence-corrected chi connectivity index (χ2v) is 5.36. The molecule has 5 heteroatoms. The van der Waals surface area contributed by atoms with E-state index in [1.54, 1.807) is 12.3 Å². The highest BCUT2D eigenvalue weighted by atomic mass is 79.9. The fourth-order valence-electron chi connectivity index (χ4n) is 2.18. The van der Waals surface area contributed by atoms with Crippen LogP contribution in [0.1, 0.15) is 29.9 Å². The summed E-state index contributed by atoms with van der Waals surface area (Å²) in [5.41, 5.74) is 1.34. The van der Waals surface area contributed by atoms with E-state index in [2.05, 4.69) is 20.9 Å². The first kappa shape index (κ1) is 12.6. The van der Waals surface area contributed by atoms with Gasteiger partial charge in [-0.1, -0.05) is 0 Å². The number of aromatic nitrogens is 1. The summed E-state index contributed by atoms with van der Waals surface area (Å²) >= 11 is 3.31. The molecule has 1 aliphatic rings. The minimum absolute atomic E-state index is 0.364. The Morgan fingerprint density at radius 2 is 2.16 bits per heavy atom. The van der Waals surface area contributed by atoms with Gasteiger partial charge in [-0.2, -0.15) is 0 Å². The summed E-state index contributed by atoms with van der Waals surface area (Å²) in [6.45, 7) is 0. The van der Waals surface area contributed by atoms with Crippen LogP contribution in [-0.2, 0) is 0 Å². The Hall–Kier alpha value is -1.46. The van der Waals surface area contributed by atoms with E-state index >= 15 is 0 Å². The number of rotatable bonds is 1. The molecule has 3 rings (SSSR count). The molecule has 2 atom stereocenters. The number of nitrogens with zero attached hydrogens (tertiary/aromatic N) is 1. The van der Waals surface area contributed by atoms with Gasteiger partial charge >= 0.3 is 0 Å². The average molecular weight is 324 g/mol. The molecule has 1 aromatic carbocycles. The quantitative estimate of drug-likeness (QED) is 0.872. The van der Waals surface area contributed by atoms with Gasteiger partial charge in [0.1, 0.15) is 17.7 Å².